The van der Waals surface area contributed by atoms with Crippen LogP contribution in [0.4, 0.5) is 0 Å². The molecular formula is C20H33ClN2O3. The fourth-order valence-corrected chi connectivity index (χ4v) is 2.92. The number of piperidine rings is 1. The van der Waals surface area contributed by atoms with Crippen molar-refractivity contribution >= 4 is 18.3 Å². The van der Waals surface area contributed by atoms with E-state index in [4.69, 9.17) is 9.47 Å². The SMILES string of the molecule is CCCOc1ccc(C(C)NC(=O)C2CCCCN2)cc1OCCC.Cl. The summed E-state index contributed by atoms with van der Waals surface area (Å²) < 4.78 is 11.6. The van der Waals surface area contributed by atoms with Gasteiger partial charge in [0.2, 0.25) is 5.91 Å². The van der Waals surface area contributed by atoms with Crippen LogP contribution in [0.25, 0.3) is 0 Å². The summed E-state index contributed by atoms with van der Waals surface area (Å²) in [5.74, 6) is 1.60. The fraction of sp³-hybridized carbons (Fsp3) is 0.650. The zero-order valence-corrected chi connectivity index (χ0v) is 17.0. The van der Waals surface area contributed by atoms with E-state index in [1.807, 2.05) is 25.1 Å². The van der Waals surface area contributed by atoms with E-state index >= 15 is 0 Å². The van der Waals surface area contributed by atoms with Crippen molar-refractivity contribution in [2.45, 2.75) is 65.0 Å². The van der Waals surface area contributed by atoms with Crippen LogP contribution in [0.15, 0.2) is 18.2 Å². The lowest BCUT2D eigenvalue weighted by atomic mass is 10.0. The smallest absolute Gasteiger partial charge is 0.237 e. The Balaban J connectivity index is 0.00000338. The molecule has 1 fully saturated rings. The number of benzene rings is 1. The molecule has 6 heteroatoms. The highest BCUT2D eigenvalue weighted by atomic mass is 35.5. The molecule has 1 saturated heterocycles. The Hall–Kier alpha value is -1.46. The molecule has 1 aromatic carbocycles. The fourth-order valence-electron chi connectivity index (χ4n) is 2.92. The summed E-state index contributed by atoms with van der Waals surface area (Å²) in [7, 11) is 0. The number of nitrogens with one attached hydrogen (secondary N) is 2. The Morgan fingerprint density at radius 3 is 2.50 bits per heavy atom. The molecule has 0 radical (unpaired) electrons. The monoisotopic (exact) mass is 384 g/mol. The number of hydrogen-bond donors (Lipinski definition) is 2. The predicted octanol–water partition coefficient (Wildman–Crippen LogP) is 4.01. The van der Waals surface area contributed by atoms with Gasteiger partial charge in [-0.05, 0) is 56.8 Å². The van der Waals surface area contributed by atoms with Crippen molar-refractivity contribution in [3.8, 4) is 11.5 Å². The summed E-state index contributed by atoms with van der Waals surface area (Å²) in [5, 5.41) is 6.40. The zero-order chi connectivity index (χ0) is 18.1. The first-order valence-electron chi connectivity index (χ1n) is 9.59. The normalized spacial score (nSPS) is 17.7. The Labute approximate surface area is 163 Å². The summed E-state index contributed by atoms with van der Waals surface area (Å²) in [4.78, 5) is 12.4. The molecule has 5 nitrogen and oxygen atoms in total. The Bertz CT molecular complexity index is 548. The van der Waals surface area contributed by atoms with Gasteiger partial charge in [0.25, 0.3) is 0 Å². The van der Waals surface area contributed by atoms with Gasteiger partial charge in [-0.25, -0.2) is 0 Å². The minimum Gasteiger partial charge on any atom is -0.490 e. The van der Waals surface area contributed by atoms with Gasteiger partial charge in [0, 0.05) is 0 Å². The molecular weight excluding hydrogens is 352 g/mol. The van der Waals surface area contributed by atoms with Crippen LogP contribution in [-0.4, -0.2) is 31.7 Å². The maximum atomic E-state index is 12.4. The van der Waals surface area contributed by atoms with Gasteiger partial charge in [-0.15, -0.1) is 12.4 Å². The average Bonchev–Trinajstić information content (AvgIpc) is 2.65. The third kappa shape index (κ3) is 6.69. The first-order chi connectivity index (χ1) is 12.2. The number of carbonyl (C=O) groups excluding carboxylic acids is 1. The van der Waals surface area contributed by atoms with Crippen molar-refractivity contribution < 1.29 is 14.3 Å². The van der Waals surface area contributed by atoms with E-state index in [0.717, 1.165) is 55.7 Å². The summed E-state index contributed by atoms with van der Waals surface area (Å²) in [6.45, 7) is 8.41. The van der Waals surface area contributed by atoms with E-state index in [2.05, 4.69) is 24.5 Å². The Morgan fingerprint density at radius 1 is 1.19 bits per heavy atom. The molecule has 2 atom stereocenters. The molecule has 1 aliphatic rings. The lowest BCUT2D eigenvalue weighted by molar-refractivity contribution is -0.124. The predicted molar refractivity (Wildman–Crippen MR) is 107 cm³/mol. The van der Waals surface area contributed by atoms with E-state index in [1.165, 1.54) is 0 Å². The minimum absolute atomic E-state index is 0. The molecule has 1 amide bonds. The van der Waals surface area contributed by atoms with E-state index in [-0.39, 0.29) is 30.4 Å². The van der Waals surface area contributed by atoms with Gasteiger partial charge >= 0.3 is 0 Å². The maximum Gasteiger partial charge on any atom is 0.237 e. The van der Waals surface area contributed by atoms with E-state index < -0.39 is 0 Å². The number of ether oxygens (including phenoxy) is 2. The molecule has 1 aliphatic heterocycles. The first kappa shape index (κ1) is 22.6. The molecule has 2 unspecified atom stereocenters. The number of rotatable bonds is 9. The lowest BCUT2D eigenvalue weighted by Crippen LogP contribution is -2.47. The number of halogens is 1. The molecule has 0 spiro atoms. The first-order valence-corrected chi connectivity index (χ1v) is 9.59. The van der Waals surface area contributed by atoms with Gasteiger partial charge in [0.1, 0.15) is 0 Å². The van der Waals surface area contributed by atoms with Gasteiger partial charge in [-0.1, -0.05) is 26.3 Å². The highest BCUT2D eigenvalue weighted by Crippen LogP contribution is 2.31. The molecule has 0 aromatic heterocycles. The molecule has 0 saturated carbocycles. The van der Waals surface area contributed by atoms with Gasteiger partial charge in [0.05, 0.1) is 25.3 Å². The van der Waals surface area contributed by atoms with Crippen molar-refractivity contribution in [3.05, 3.63) is 23.8 Å². The summed E-state index contributed by atoms with van der Waals surface area (Å²) >= 11 is 0. The van der Waals surface area contributed by atoms with Crippen LogP contribution in [0.1, 0.15) is 64.5 Å². The summed E-state index contributed by atoms with van der Waals surface area (Å²) in [5.41, 5.74) is 1.03. The van der Waals surface area contributed by atoms with Crippen LogP contribution in [0.5, 0.6) is 11.5 Å². The van der Waals surface area contributed by atoms with Crippen LogP contribution in [-0.2, 0) is 4.79 Å². The molecule has 26 heavy (non-hydrogen) atoms. The maximum absolute atomic E-state index is 12.4. The average molecular weight is 385 g/mol. The number of carbonyl (C=O) groups is 1. The highest BCUT2D eigenvalue weighted by molar-refractivity contribution is 5.85. The molecule has 2 rings (SSSR count). The standard InChI is InChI=1S/C20H32N2O3.ClH/c1-4-12-24-18-10-9-16(14-19(18)25-13-5-2)15(3)22-20(23)17-8-6-7-11-21-17;/h9-10,14-15,17,21H,4-8,11-13H2,1-3H3,(H,22,23);1H. The number of amides is 1. The lowest BCUT2D eigenvalue weighted by Gasteiger charge is -2.25. The van der Waals surface area contributed by atoms with E-state index in [1.54, 1.807) is 0 Å². The van der Waals surface area contributed by atoms with Crippen molar-refractivity contribution in [3.63, 3.8) is 0 Å². The molecule has 0 bridgehead atoms. The molecule has 1 heterocycles. The summed E-state index contributed by atoms with van der Waals surface area (Å²) in [6.07, 6.45) is 5.06. The largest absolute Gasteiger partial charge is 0.490 e. The molecule has 1 aromatic rings. The quantitative estimate of drug-likeness (QED) is 0.675. The molecule has 0 aliphatic carbocycles. The highest BCUT2D eigenvalue weighted by Gasteiger charge is 2.22. The van der Waals surface area contributed by atoms with Gasteiger partial charge in [0.15, 0.2) is 11.5 Å². The van der Waals surface area contributed by atoms with Crippen LogP contribution in [0.3, 0.4) is 0 Å². The van der Waals surface area contributed by atoms with Crippen LogP contribution >= 0.6 is 12.4 Å². The molecule has 148 valence electrons. The third-order valence-corrected chi connectivity index (χ3v) is 4.38. The Kier molecular flexibility index (Phi) is 10.4. The topological polar surface area (TPSA) is 59.6 Å². The zero-order valence-electron chi connectivity index (χ0n) is 16.2. The van der Waals surface area contributed by atoms with Gasteiger partial charge in [-0.3, -0.25) is 4.79 Å². The minimum atomic E-state index is -0.0702. The van der Waals surface area contributed by atoms with Crippen LogP contribution < -0.4 is 20.1 Å². The second-order valence-electron chi connectivity index (χ2n) is 6.64. The van der Waals surface area contributed by atoms with Crippen molar-refractivity contribution in [2.75, 3.05) is 19.8 Å². The van der Waals surface area contributed by atoms with E-state index in [0.29, 0.717) is 13.2 Å². The molecule has 2 N–H and O–H groups in total. The summed E-state index contributed by atoms with van der Waals surface area (Å²) in [6, 6.07) is 5.79. The van der Waals surface area contributed by atoms with E-state index in [9.17, 15) is 4.79 Å². The van der Waals surface area contributed by atoms with Crippen LogP contribution in [0, 0.1) is 0 Å². The van der Waals surface area contributed by atoms with Gasteiger partial charge in [-0.2, -0.15) is 0 Å². The Morgan fingerprint density at radius 2 is 1.88 bits per heavy atom. The van der Waals surface area contributed by atoms with Crippen LogP contribution in [0.2, 0.25) is 0 Å². The van der Waals surface area contributed by atoms with Crippen molar-refractivity contribution in [2.24, 2.45) is 0 Å². The van der Waals surface area contributed by atoms with Crippen molar-refractivity contribution in [1.82, 2.24) is 10.6 Å². The second-order valence-corrected chi connectivity index (χ2v) is 6.64. The third-order valence-electron chi connectivity index (χ3n) is 4.38. The number of hydrogen-bond acceptors (Lipinski definition) is 4. The second kappa shape index (κ2) is 12.0. The van der Waals surface area contributed by atoms with Gasteiger partial charge < -0.3 is 20.1 Å². The van der Waals surface area contributed by atoms with Crippen molar-refractivity contribution in [1.29, 1.82) is 0 Å².